The highest BCUT2D eigenvalue weighted by atomic mass is 16.4. The number of oxazole rings is 1. The number of H-pyrrole nitrogens is 1. The lowest BCUT2D eigenvalue weighted by atomic mass is 10.2. The van der Waals surface area contributed by atoms with Crippen molar-refractivity contribution in [3.8, 4) is 11.5 Å². The maximum absolute atomic E-state index is 10.7. The van der Waals surface area contributed by atoms with E-state index in [1.807, 2.05) is 0 Å². The third-order valence-electron chi connectivity index (χ3n) is 1.55. The predicted molar refractivity (Wildman–Crippen MR) is 41.0 cm³/mol. The Morgan fingerprint density at radius 1 is 1.54 bits per heavy atom. The van der Waals surface area contributed by atoms with Crippen LogP contribution < -0.4 is 0 Å². The first-order valence-corrected chi connectivity index (χ1v) is 3.44. The summed E-state index contributed by atoms with van der Waals surface area (Å²) in [4.78, 5) is 14.3. The summed E-state index contributed by atoms with van der Waals surface area (Å²) < 4.78 is 4.92. The van der Waals surface area contributed by atoms with E-state index in [1.165, 1.54) is 18.8 Å². The molecule has 0 saturated carbocycles. The molecule has 2 aromatic heterocycles. The Morgan fingerprint density at radius 2 is 2.38 bits per heavy atom. The number of carboxylic acids is 1. The van der Waals surface area contributed by atoms with Gasteiger partial charge in [-0.3, -0.25) is 5.10 Å². The van der Waals surface area contributed by atoms with Crippen molar-refractivity contribution < 1.29 is 14.3 Å². The van der Waals surface area contributed by atoms with E-state index in [9.17, 15) is 4.79 Å². The number of nitrogens with zero attached hydrogens (tertiary/aromatic N) is 2. The fourth-order valence-corrected chi connectivity index (χ4v) is 0.975. The van der Waals surface area contributed by atoms with Crippen LogP contribution in [0.5, 0.6) is 0 Å². The molecule has 0 aromatic carbocycles. The lowest BCUT2D eigenvalue weighted by molar-refractivity contribution is 0.0697. The number of hydrogen-bond acceptors (Lipinski definition) is 4. The molecular formula is C7H5N3O3. The Kier molecular flexibility index (Phi) is 1.59. The predicted octanol–water partition coefficient (Wildman–Crippen LogP) is 0.763. The first-order valence-electron chi connectivity index (χ1n) is 3.44. The van der Waals surface area contributed by atoms with E-state index in [0.717, 1.165) is 0 Å². The molecule has 0 aliphatic carbocycles. The minimum absolute atomic E-state index is 0.0664. The Balaban J connectivity index is 2.52. The Morgan fingerprint density at radius 3 is 3.00 bits per heavy atom. The molecule has 6 nitrogen and oxygen atoms in total. The number of carbonyl (C=O) groups is 1. The van der Waals surface area contributed by atoms with Gasteiger partial charge in [-0.1, -0.05) is 0 Å². The van der Waals surface area contributed by atoms with Crippen LogP contribution in [0.3, 0.4) is 0 Å². The van der Waals surface area contributed by atoms with Crippen LogP contribution >= 0.6 is 0 Å². The summed E-state index contributed by atoms with van der Waals surface area (Å²) >= 11 is 0. The van der Waals surface area contributed by atoms with E-state index in [1.54, 1.807) is 0 Å². The molecule has 66 valence electrons. The van der Waals surface area contributed by atoms with Crippen LogP contribution in [0, 0.1) is 0 Å². The SMILES string of the molecule is O=C(O)c1cn[nH]c1-c1cnco1. The molecule has 0 spiro atoms. The third-order valence-corrected chi connectivity index (χ3v) is 1.55. The third kappa shape index (κ3) is 1.18. The van der Waals surface area contributed by atoms with Crippen molar-refractivity contribution in [2.75, 3.05) is 0 Å². The van der Waals surface area contributed by atoms with E-state index in [4.69, 9.17) is 9.52 Å². The van der Waals surface area contributed by atoms with Crippen LogP contribution in [0.25, 0.3) is 11.5 Å². The van der Waals surface area contributed by atoms with Crippen LogP contribution in [0.1, 0.15) is 10.4 Å². The average molecular weight is 179 g/mol. The molecule has 0 bridgehead atoms. The van der Waals surface area contributed by atoms with Crippen molar-refractivity contribution in [1.29, 1.82) is 0 Å². The molecule has 0 unspecified atom stereocenters. The lowest BCUT2D eigenvalue weighted by Gasteiger charge is -1.91. The van der Waals surface area contributed by atoms with E-state index >= 15 is 0 Å². The van der Waals surface area contributed by atoms with E-state index in [-0.39, 0.29) is 5.56 Å². The molecule has 0 fully saturated rings. The highest BCUT2D eigenvalue weighted by Crippen LogP contribution is 2.19. The second-order valence-corrected chi connectivity index (χ2v) is 2.33. The summed E-state index contributed by atoms with van der Waals surface area (Å²) in [7, 11) is 0. The average Bonchev–Trinajstić information content (AvgIpc) is 2.74. The normalized spacial score (nSPS) is 10.2. The summed E-state index contributed by atoms with van der Waals surface area (Å²) in [6.45, 7) is 0. The van der Waals surface area contributed by atoms with Gasteiger partial charge in [0, 0.05) is 0 Å². The number of nitrogens with one attached hydrogen (secondary N) is 1. The zero-order valence-electron chi connectivity index (χ0n) is 6.39. The molecule has 0 aliphatic heterocycles. The second-order valence-electron chi connectivity index (χ2n) is 2.33. The molecule has 0 amide bonds. The molecular weight excluding hydrogens is 174 g/mol. The Bertz CT molecular complexity index is 418. The molecule has 2 N–H and O–H groups in total. The van der Waals surface area contributed by atoms with Crippen LogP contribution in [-0.4, -0.2) is 26.3 Å². The molecule has 0 atom stereocenters. The quantitative estimate of drug-likeness (QED) is 0.710. The van der Waals surface area contributed by atoms with Crippen LogP contribution in [-0.2, 0) is 0 Å². The monoisotopic (exact) mass is 179 g/mol. The highest BCUT2D eigenvalue weighted by Gasteiger charge is 2.15. The maximum atomic E-state index is 10.7. The van der Waals surface area contributed by atoms with Gasteiger partial charge in [-0.05, 0) is 0 Å². The van der Waals surface area contributed by atoms with Gasteiger partial charge in [-0.2, -0.15) is 5.10 Å². The minimum Gasteiger partial charge on any atom is -0.478 e. The van der Waals surface area contributed by atoms with Gasteiger partial charge in [0.1, 0.15) is 11.3 Å². The molecule has 0 aliphatic rings. The number of carboxylic acid groups (broad SMARTS) is 1. The number of aromatic amines is 1. The Hall–Kier alpha value is -2.11. The molecule has 13 heavy (non-hydrogen) atoms. The highest BCUT2D eigenvalue weighted by molar-refractivity contribution is 5.93. The van der Waals surface area contributed by atoms with Crippen LogP contribution in [0.15, 0.2) is 23.2 Å². The standard InChI is InChI=1S/C7H5N3O3/c11-7(12)4-1-9-10-6(4)5-2-8-3-13-5/h1-3H,(H,9,10)(H,11,12). The van der Waals surface area contributed by atoms with E-state index in [0.29, 0.717) is 11.5 Å². The fraction of sp³-hybridized carbons (Fsp3) is 0. The van der Waals surface area contributed by atoms with Gasteiger partial charge in [0.25, 0.3) is 0 Å². The number of rotatable bonds is 2. The number of aromatic carboxylic acids is 1. The first-order chi connectivity index (χ1) is 6.29. The van der Waals surface area contributed by atoms with E-state index < -0.39 is 5.97 Å². The minimum atomic E-state index is -1.06. The summed E-state index contributed by atoms with van der Waals surface area (Å²) in [6.07, 6.45) is 3.86. The van der Waals surface area contributed by atoms with Crippen molar-refractivity contribution in [1.82, 2.24) is 15.2 Å². The van der Waals surface area contributed by atoms with Gasteiger partial charge in [-0.25, -0.2) is 9.78 Å². The zero-order valence-corrected chi connectivity index (χ0v) is 6.39. The summed E-state index contributed by atoms with van der Waals surface area (Å²) in [5.74, 6) is -0.699. The van der Waals surface area contributed by atoms with Gasteiger partial charge in [0.15, 0.2) is 12.2 Å². The number of aromatic nitrogens is 3. The van der Waals surface area contributed by atoms with Gasteiger partial charge < -0.3 is 9.52 Å². The van der Waals surface area contributed by atoms with Gasteiger partial charge in [0.05, 0.1) is 12.4 Å². The van der Waals surface area contributed by atoms with Crippen molar-refractivity contribution in [3.05, 3.63) is 24.4 Å². The summed E-state index contributed by atoms with van der Waals surface area (Å²) in [5.41, 5.74) is 0.391. The lowest BCUT2D eigenvalue weighted by Crippen LogP contribution is -1.95. The van der Waals surface area contributed by atoms with Crippen molar-refractivity contribution in [2.45, 2.75) is 0 Å². The van der Waals surface area contributed by atoms with Gasteiger partial charge in [-0.15, -0.1) is 0 Å². The van der Waals surface area contributed by atoms with E-state index in [2.05, 4.69) is 15.2 Å². The fourth-order valence-electron chi connectivity index (χ4n) is 0.975. The largest absolute Gasteiger partial charge is 0.478 e. The molecule has 2 rings (SSSR count). The second kappa shape index (κ2) is 2.74. The molecule has 2 aromatic rings. The Labute approximate surface area is 72.2 Å². The first kappa shape index (κ1) is 7.53. The molecule has 0 radical (unpaired) electrons. The topological polar surface area (TPSA) is 92.0 Å². The molecule has 6 heteroatoms. The summed E-state index contributed by atoms with van der Waals surface area (Å²) in [5, 5.41) is 14.9. The molecule has 0 saturated heterocycles. The van der Waals surface area contributed by atoms with Crippen molar-refractivity contribution >= 4 is 5.97 Å². The van der Waals surface area contributed by atoms with Gasteiger partial charge >= 0.3 is 5.97 Å². The van der Waals surface area contributed by atoms with Crippen LogP contribution in [0.2, 0.25) is 0 Å². The van der Waals surface area contributed by atoms with Gasteiger partial charge in [0.2, 0.25) is 0 Å². The summed E-state index contributed by atoms with van der Waals surface area (Å²) in [6, 6.07) is 0. The van der Waals surface area contributed by atoms with Crippen molar-refractivity contribution in [2.24, 2.45) is 0 Å². The smallest absolute Gasteiger partial charge is 0.339 e. The zero-order chi connectivity index (χ0) is 9.26. The maximum Gasteiger partial charge on any atom is 0.339 e. The van der Waals surface area contributed by atoms with Crippen molar-refractivity contribution in [3.63, 3.8) is 0 Å². The molecule has 2 heterocycles. The number of hydrogen-bond donors (Lipinski definition) is 2. The van der Waals surface area contributed by atoms with Crippen LogP contribution in [0.4, 0.5) is 0 Å².